The summed E-state index contributed by atoms with van der Waals surface area (Å²) in [5.74, 6) is -0.317. The van der Waals surface area contributed by atoms with E-state index in [0.717, 1.165) is 95.9 Å². The number of piperazine rings is 1. The minimum atomic E-state index is -0.647. The van der Waals surface area contributed by atoms with Gasteiger partial charge in [-0.25, -0.2) is 13.8 Å². The first-order chi connectivity index (χ1) is 26.2. The number of unbranched alkanes of at least 4 members (excludes halogenated alkanes) is 3. The van der Waals surface area contributed by atoms with Crippen LogP contribution in [0.4, 0.5) is 20.3 Å². The summed E-state index contributed by atoms with van der Waals surface area (Å²) in [6.07, 6.45) is 10.3. The molecule has 55 heavy (non-hydrogen) atoms. The van der Waals surface area contributed by atoms with Crippen molar-refractivity contribution in [3.05, 3.63) is 52.7 Å². The standard InChI is InChI=1S/C42H57ClF2N8O2/c1-25(47-35(23-54)42(4,5)6)12-9-7-8-10-18-52-19-11-13-30(52)24-55-41-50-39-32(40(51-41)53-21-28-14-15-29(22-53)49-28)20-33(43)36(37(39)45)31-16-17-34(44)26(2)38(31)48-27(3)46/h16-17,20,23,28-30,35,47,49H,1,7-15,18-19,21-22,24H2,2-6H3,(H2,46,48). The van der Waals surface area contributed by atoms with Crippen molar-refractivity contribution >= 4 is 46.1 Å². The van der Waals surface area contributed by atoms with Crippen LogP contribution >= 0.6 is 11.6 Å². The van der Waals surface area contributed by atoms with Crippen molar-refractivity contribution in [3.63, 3.8) is 0 Å². The smallest absolute Gasteiger partial charge is 0.319 e. The maximum absolute atomic E-state index is 17.0. The molecule has 2 bridgehead atoms. The molecule has 298 valence electrons. The number of halogens is 3. The molecule has 13 heteroatoms. The van der Waals surface area contributed by atoms with Crippen LogP contribution in [0.3, 0.4) is 0 Å². The number of aliphatic imine (C=N–C) groups is 1. The first-order valence-electron chi connectivity index (χ1n) is 19.8. The molecular weight excluding hydrogens is 722 g/mol. The Morgan fingerprint density at radius 3 is 2.58 bits per heavy atom. The lowest BCUT2D eigenvalue weighted by Gasteiger charge is -2.34. The van der Waals surface area contributed by atoms with E-state index < -0.39 is 11.6 Å². The fourth-order valence-corrected chi connectivity index (χ4v) is 8.48. The molecule has 3 saturated heterocycles. The van der Waals surface area contributed by atoms with Crippen molar-refractivity contribution in [2.75, 3.05) is 37.7 Å². The average molecular weight is 779 g/mol. The van der Waals surface area contributed by atoms with Crippen molar-refractivity contribution in [2.45, 2.75) is 117 Å². The summed E-state index contributed by atoms with van der Waals surface area (Å²) in [4.78, 5) is 30.2. The summed E-state index contributed by atoms with van der Waals surface area (Å²) in [6, 6.07) is 5.19. The Morgan fingerprint density at radius 2 is 1.89 bits per heavy atom. The van der Waals surface area contributed by atoms with Gasteiger partial charge in [0.1, 0.15) is 30.0 Å². The van der Waals surface area contributed by atoms with Crippen molar-refractivity contribution in [1.82, 2.24) is 25.5 Å². The van der Waals surface area contributed by atoms with Gasteiger partial charge in [0.15, 0.2) is 5.82 Å². The van der Waals surface area contributed by atoms with Crippen LogP contribution in [0.2, 0.25) is 5.02 Å². The molecule has 10 nitrogen and oxygen atoms in total. The monoisotopic (exact) mass is 778 g/mol. The Morgan fingerprint density at radius 1 is 1.16 bits per heavy atom. The van der Waals surface area contributed by atoms with Gasteiger partial charge in [-0.05, 0) is 95.5 Å². The number of fused-ring (bicyclic) bond motifs is 3. The number of hydrogen-bond donors (Lipinski definition) is 3. The second-order valence-electron chi connectivity index (χ2n) is 16.7. The van der Waals surface area contributed by atoms with Gasteiger partial charge in [0.25, 0.3) is 0 Å². The third-order valence-corrected chi connectivity index (χ3v) is 11.6. The van der Waals surface area contributed by atoms with Gasteiger partial charge in [-0.15, -0.1) is 0 Å². The van der Waals surface area contributed by atoms with Gasteiger partial charge in [-0.1, -0.05) is 51.8 Å². The van der Waals surface area contributed by atoms with Crippen LogP contribution < -0.4 is 26.0 Å². The molecule has 4 atom stereocenters. The second kappa shape index (κ2) is 17.5. The number of likely N-dealkylation sites (tertiary alicyclic amines) is 1. The predicted octanol–water partition coefficient (Wildman–Crippen LogP) is 8.00. The molecular formula is C42H57ClF2N8O2. The van der Waals surface area contributed by atoms with E-state index in [-0.39, 0.29) is 56.7 Å². The Bertz CT molecular complexity index is 1900. The van der Waals surface area contributed by atoms with Gasteiger partial charge in [-0.3, -0.25) is 4.90 Å². The molecule has 0 amide bonds. The van der Waals surface area contributed by atoms with Gasteiger partial charge in [0.2, 0.25) is 0 Å². The number of aldehydes is 1. The maximum Gasteiger partial charge on any atom is 0.319 e. The topological polar surface area (TPSA) is 121 Å². The third kappa shape index (κ3) is 9.57. The number of aromatic nitrogens is 2. The molecule has 4 heterocycles. The van der Waals surface area contributed by atoms with Crippen molar-refractivity contribution in [3.8, 4) is 17.1 Å². The molecule has 4 N–H and O–H groups in total. The summed E-state index contributed by atoms with van der Waals surface area (Å²) in [7, 11) is 0. The number of allylic oxidation sites excluding steroid dienone is 1. The Labute approximate surface area is 329 Å². The van der Waals surface area contributed by atoms with Crippen LogP contribution in [0, 0.1) is 24.0 Å². The van der Waals surface area contributed by atoms with Crippen LogP contribution in [-0.4, -0.2) is 83.9 Å². The van der Waals surface area contributed by atoms with Gasteiger partial charge < -0.3 is 30.8 Å². The van der Waals surface area contributed by atoms with E-state index in [1.807, 2.05) is 20.8 Å². The number of carbonyl (C=O) groups is 1. The van der Waals surface area contributed by atoms with Crippen LogP contribution in [0.15, 0.2) is 35.5 Å². The van der Waals surface area contributed by atoms with E-state index in [4.69, 9.17) is 27.1 Å². The highest BCUT2D eigenvalue weighted by atomic mass is 35.5. The van der Waals surface area contributed by atoms with Gasteiger partial charge in [0.05, 0.1) is 22.6 Å². The number of ether oxygens (including phenoxy) is 1. The summed E-state index contributed by atoms with van der Waals surface area (Å²) in [6.45, 7) is 17.3. The number of benzene rings is 2. The van der Waals surface area contributed by atoms with Crippen molar-refractivity contribution < 1.29 is 18.3 Å². The number of nitrogens with zero attached hydrogens (tertiary/aromatic N) is 5. The van der Waals surface area contributed by atoms with Crippen LogP contribution in [0.25, 0.3) is 22.0 Å². The molecule has 0 spiro atoms. The molecule has 3 aliphatic heterocycles. The van der Waals surface area contributed by atoms with E-state index in [1.54, 1.807) is 19.9 Å². The number of hydrogen-bond acceptors (Lipinski definition) is 9. The summed E-state index contributed by atoms with van der Waals surface area (Å²) in [5.41, 5.74) is 7.63. The van der Waals surface area contributed by atoms with Crippen molar-refractivity contribution in [1.29, 1.82) is 0 Å². The van der Waals surface area contributed by atoms with Crippen LogP contribution in [0.5, 0.6) is 6.01 Å². The highest BCUT2D eigenvalue weighted by molar-refractivity contribution is 6.34. The fourth-order valence-electron chi connectivity index (χ4n) is 8.18. The van der Waals surface area contributed by atoms with Gasteiger partial charge >= 0.3 is 6.01 Å². The lowest BCUT2D eigenvalue weighted by Crippen LogP contribution is -2.51. The quantitative estimate of drug-likeness (QED) is 0.0575. The average Bonchev–Trinajstić information content (AvgIpc) is 3.73. The Kier molecular flexibility index (Phi) is 13.0. The summed E-state index contributed by atoms with van der Waals surface area (Å²) < 4.78 is 38.1. The first-order valence-corrected chi connectivity index (χ1v) is 20.2. The van der Waals surface area contributed by atoms with E-state index >= 15 is 4.39 Å². The number of nitrogens with one attached hydrogen (secondary N) is 2. The number of rotatable bonds is 16. The summed E-state index contributed by atoms with van der Waals surface area (Å²) >= 11 is 6.89. The normalized spacial score (nSPS) is 21.0. The molecule has 0 aliphatic carbocycles. The predicted molar refractivity (Wildman–Crippen MR) is 219 cm³/mol. The zero-order valence-corrected chi connectivity index (χ0v) is 33.7. The number of amidine groups is 1. The molecule has 0 saturated carbocycles. The molecule has 2 aromatic carbocycles. The van der Waals surface area contributed by atoms with Crippen LogP contribution in [-0.2, 0) is 4.79 Å². The SMILES string of the molecule is C=C(CCCCCCN1CCCC1COc1nc(N2CC3CCC(C2)N3)c2cc(Cl)c(-c3ccc(F)c(C)c3/N=C(\C)N)c(F)c2n1)NC(C=O)C(C)(C)C. The Hall–Kier alpha value is -3.87. The lowest BCUT2D eigenvalue weighted by molar-refractivity contribution is -0.111. The maximum atomic E-state index is 17.0. The molecule has 0 radical (unpaired) electrons. The third-order valence-electron chi connectivity index (χ3n) is 11.3. The minimum Gasteiger partial charge on any atom is -0.462 e. The van der Waals surface area contributed by atoms with E-state index in [9.17, 15) is 9.18 Å². The molecule has 1 aromatic heterocycles. The first kappa shape index (κ1) is 40.8. The second-order valence-corrected chi connectivity index (χ2v) is 17.1. The zero-order chi connectivity index (χ0) is 39.4. The highest BCUT2D eigenvalue weighted by Crippen LogP contribution is 2.44. The molecule has 4 unspecified atom stereocenters. The summed E-state index contributed by atoms with van der Waals surface area (Å²) in [5, 5.41) is 7.60. The van der Waals surface area contributed by atoms with E-state index in [0.29, 0.717) is 35.5 Å². The van der Waals surface area contributed by atoms with E-state index in [1.165, 1.54) is 12.1 Å². The molecule has 3 aliphatic rings. The zero-order valence-electron chi connectivity index (χ0n) is 33.0. The minimum absolute atomic E-state index is 0.0749. The number of carbonyl (C=O) groups excluding carboxylic acids is 1. The highest BCUT2D eigenvalue weighted by Gasteiger charge is 2.35. The van der Waals surface area contributed by atoms with E-state index in [2.05, 4.69) is 37.0 Å². The fraction of sp³-hybridized carbons (Fsp3) is 0.571. The Balaban J connectivity index is 1.18. The molecule has 6 rings (SSSR count). The van der Waals surface area contributed by atoms with Crippen LogP contribution in [0.1, 0.15) is 91.0 Å². The number of nitrogens with two attached hydrogens (primary N) is 1. The number of anilines is 1. The van der Waals surface area contributed by atoms with Crippen molar-refractivity contribution in [2.24, 2.45) is 16.1 Å². The molecule has 3 fully saturated rings. The lowest BCUT2D eigenvalue weighted by atomic mass is 9.87. The largest absolute Gasteiger partial charge is 0.462 e. The van der Waals surface area contributed by atoms with Gasteiger partial charge in [0, 0.05) is 59.0 Å². The molecule has 3 aromatic rings. The van der Waals surface area contributed by atoms with Gasteiger partial charge in [-0.2, -0.15) is 9.97 Å².